The molecule has 0 bridgehead atoms. The van der Waals surface area contributed by atoms with E-state index >= 15 is 0 Å². The molecule has 110 valence electrons. The minimum absolute atomic E-state index is 0.0240. The zero-order chi connectivity index (χ0) is 15.0. The van der Waals surface area contributed by atoms with Crippen LogP contribution in [0.15, 0.2) is 35.1 Å². The van der Waals surface area contributed by atoms with Crippen molar-refractivity contribution in [3.63, 3.8) is 0 Å². The Labute approximate surface area is 117 Å². The lowest BCUT2D eigenvalue weighted by molar-refractivity contribution is -0.141. The number of nitrogens with one attached hydrogen (secondary N) is 1. The zero-order valence-electron chi connectivity index (χ0n) is 10.8. The van der Waals surface area contributed by atoms with E-state index in [-0.39, 0.29) is 11.8 Å². The van der Waals surface area contributed by atoms with Crippen LogP contribution in [-0.4, -0.2) is 16.1 Å². The van der Waals surface area contributed by atoms with E-state index in [9.17, 15) is 18.0 Å². The summed E-state index contributed by atoms with van der Waals surface area (Å²) in [6.07, 6.45) is -2.34. The van der Waals surface area contributed by atoms with E-state index in [0.717, 1.165) is 18.9 Å². The van der Waals surface area contributed by atoms with Crippen LogP contribution in [0.25, 0.3) is 11.3 Å². The van der Waals surface area contributed by atoms with Gasteiger partial charge in [-0.1, -0.05) is 0 Å². The average Bonchev–Trinajstić information content (AvgIpc) is 3.22. The molecule has 0 amide bonds. The fourth-order valence-corrected chi connectivity index (χ4v) is 1.84. The van der Waals surface area contributed by atoms with E-state index in [1.807, 2.05) is 0 Å². The van der Waals surface area contributed by atoms with Gasteiger partial charge in [-0.05, 0) is 43.2 Å². The van der Waals surface area contributed by atoms with Crippen molar-refractivity contribution in [3.8, 4) is 17.0 Å². The molecule has 0 unspecified atom stereocenters. The van der Waals surface area contributed by atoms with Gasteiger partial charge in [-0.15, -0.1) is 0 Å². The summed E-state index contributed by atoms with van der Waals surface area (Å²) in [5.74, 6) is 0.655. The fraction of sp³-hybridized carbons (Fsp3) is 0.286. The first-order valence-electron chi connectivity index (χ1n) is 6.37. The number of halogens is 3. The van der Waals surface area contributed by atoms with Crippen LogP contribution in [0.2, 0.25) is 0 Å². The Kier molecular flexibility index (Phi) is 3.19. The minimum atomic E-state index is -4.62. The van der Waals surface area contributed by atoms with E-state index in [1.54, 1.807) is 29.2 Å². The number of alkyl halides is 3. The van der Waals surface area contributed by atoms with Crippen molar-refractivity contribution in [2.24, 2.45) is 0 Å². The molecule has 3 rings (SSSR count). The molecule has 1 aromatic carbocycles. The molecule has 1 aliphatic carbocycles. The molecule has 1 saturated carbocycles. The van der Waals surface area contributed by atoms with Crippen LogP contribution in [0.5, 0.6) is 5.75 Å². The molecule has 1 aromatic heterocycles. The Hall–Kier alpha value is -2.31. The standard InChI is InChI=1S/C14H11F3N2O2/c15-14(16,17)12-7-11(18-13(20)19-12)8-1-3-9(4-2-8)21-10-5-6-10/h1-4,7,10H,5-6H2,(H,18,19,20). The van der Waals surface area contributed by atoms with Crippen molar-refractivity contribution in [2.75, 3.05) is 0 Å². The van der Waals surface area contributed by atoms with Crippen molar-refractivity contribution in [1.82, 2.24) is 9.97 Å². The van der Waals surface area contributed by atoms with Crippen LogP contribution in [-0.2, 0) is 6.18 Å². The van der Waals surface area contributed by atoms with E-state index < -0.39 is 17.6 Å². The Bertz CT molecular complexity index is 703. The minimum Gasteiger partial charge on any atom is -0.490 e. The first-order chi connectivity index (χ1) is 9.91. The predicted molar refractivity (Wildman–Crippen MR) is 68.9 cm³/mol. The third kappa shape index (κ3) is 3.24. The molecule has 1 fully saturated rings. The highest BCUT2D eigenvalue weighted by molar-refractivity contribution is 5.60. The molecule has 7 heteroatoms. The Balaban J connectivity index is 1.92. The number of hydrogen-bond acceptors (Lipinski definition) is 3. The number of rotatable bonds is 3. The van der Waals surface area contributed by atoms with E-state index in [1.165, 1.54) is 0 Å². The first-order valence-corrected chi connectivity index (χ1v) is 6.37. The maximum atomic E-state index is 12.7. The van der Waals surface area contributed by atoms with Gasteiger partial charge in [-0.2, -0.15) is 18.2 Å². The highest BCUT2D eigenvalue weighted by atomic mass is 19.4. The molecule has 2 aromatic rings. The van der Waals surface area contributed by atoms with Gasteiger partial charge in [0.15, 0.2) is 0 Å². The van der Waals surface area contributed by atoms with Gasteiger partial charge >= 0.3 is 11.9 Å². The molecule has 0 atom stereocenters. The van der Waals surface area contributed by atoms with E-state index in [4.69, 9.17) is 4.74 Å². The van der Waals surface area contributed by atoms with Gasteiger partial charge in [0.05, 0.1) is 11.8 Å². The number of ether oxygens (including phenoxy) is 1. The van der Waals surface area contributed by atoms with Crippen molar-refractivity contribution in [2.45, 2.75) is 25.1 Å². The third-order valence-corrected chi connectivity index (χ3v) is 3.03. The Morgan fingerprint density at radius 1 is 1.19 bits per heavy atom. The van der Waals surface area contributed by atoms with Gasteiger partial charge in [-0.25, -0.2) is 4.79 Å². The molecule has 0 aliphatic heterocycles. The van der Waals surface area contributed by atoms with Crippen molar-refractivity contribution >= 4 is 0 Å². The number of nitrogens with zero attached hydrogens (tertiary/aromatic N) is 1. The molecule has 1 N–H and O–H groups in total. The Morgan fingerprint density at radius 3 is 2.43 bits per heavy atom. The van der Waals surface area contributed by atoms with Crippen LogP contribution in [0.3, 0.4) is 0 Å². The maximum absolute atomic E-state index is 12.7. The molecule has 21 heavy (non-hydrogen) atoms. The second-order valence-electron chi connectivity index (χ2n) is 4.82. The fourth-order valence-electron chi connectivity index (χ4n) is 1.84. The van der Waals surface area contributed by atoms with E-state index in [2.05, 4.69) is 4.98 Å². The van der Waals surface area contributed by atoms with Gasteiger partial charge in [0.25, 0.3) is 0 Å². The van der Waals surface area contributed by atoms with Gasteiger partial charge < -0.3 is 9.72 Å². The van der Waals surface area contributed by atoms with Gasteiger partial charge in [0.1, 0.15) is 11.4 Å². The lowest BCUT2D eigenvalue weighted by atomic mass is 10.1. The molecule has 4 nitrogen and oxygen atoms in total. The maximum Gasteiger partial charge on any atom is 0.431 e. The predicted octanol–water partition coefficient (Wildman–Crippen LogP) is 3.00. The summed E-state index contributed by atoms with van der Waals surface area (Å²) < 4.78 is 43.5. The number of hydrogen-bond donors (Lipinski definition) is 1. The highest BCUT2D eigenvalue weighted by Crippen LogP contribution is 2.30. The summed E-state index contributed by atoms with van der Waals surface area (Å²) in [5.41, 5.74) is -1.74. The lowest BCUT2D eigenvalue weighted by Gasteiger charge is -2.08. The molecular formula is C14H11F3N2O2. The first kappa shape index (κ1) is 13.7. The average molecular weight is 296 g/mol. The lowest BCUT2D eigenvalue weighted by Crippen LogP contribution is -2.19. The second kappa shape index (κ2) is 4.91. The number of aromatic nitrogens is 2. The monoisotopic (exact) mass is 296 g/mol. The molecular weight excluding hydrogens is 285 g/mol. The van der Waals surface area contributed by atoms with Crippen molar-refractivity contribution in [3.05, 3.63) is 46.5 Å². The number of H-pyrrole nitrogens is 1. The topological polar surface area (TPSA) is 55.0 Å². The van der Waals surface area contributed by atoms with Crippen molar-refractivity contribution in [1.29, 1.82) is 0 Å². The smallest absolute Gasteiger partial charge is 0.431 e. The highest BCUT2D eigenvalue weighted by Gasteiger charge is 2.32. The normalized spacial score (nSPS) is 15.0. The second-order valence-corrected chi connectivity index (χ2v) is 4.82. The van der Waals surface area contributed by atoms with Crippen LogP contribution >= 0.6 is 0 Å². The molecule has 0 radical (unpaired) electrons. The molecule has 1 heterocycles. The molecule has 0 spiro atoms. The van der Waals surface area contributed by atoms with Crippen LogP contribution in [0, 0.1) is 0 Å². The van der Waals surface area contributed by atoms with Crippen LogP contribution in [0.1, 0.15) is 18.5 Å². The van der Waals surface area contributed by atoms with Gasteiger partial charge in [-0.3, -0.25) is 0 Å². The Morgan fingerprint density at radius 2 is 1.86 bits per heavy atom. The molecule has 1 aliphatic rings. The number of benzene rings is 1. The summed E-state index contributed by atoms with van der Waals surface area (Å²) in [6.45, 7) is 0. The van der Waals surface area contributed by atoms with Gasteiger partial charge in [0.2, 0.25) is 0 Å². The summed E-state index contributed by atoms with van der Waals surface area (Å²) >= 11 is 0. The molecule has 0 saturated heterocycles. The summed E-state index contributed by atoms with van der Waals surface area (Å²) in [6, 6.07) is 7.30. The SMILES string of the molecule is O=c1nc(-c2ccc(OC3CC3)cc2)cc(C(F)(F)F)[nH]1. The quantitative estimate of drug-likeness (QED) is 0.947. The van der Waals surface area contributed by atoms with Gasteiger partial charge in [0, 0.05) is 5.56 Å². The number of aromatic amines is 1. The summed E-state index contributed by atoms with van der Waals surface area (Å²) in [5, 5.41) is 0. The summed E-state index contributed by atoms with van der Waals surface area (Å²) in [7, 11) is 0. The van der Waals surface area contributed by atoms with E-state index in [0.29, 0.717) is 11.3 Å². The summed E-state index contributed by atoms with van der Waals surface area (Å²) in [4.78, 5) is 16.5. The van der Waals surface area contributed by atoms with Crippen LogP contribution in [0.4, 0.5) is 13.2 Å². The zero-order valence-corrected chi connectivity index (χ0v) is 10.8. The van der Waals surface area contributed by atoms with Crippen LogP contribution < -0.4 is 10.4 Å². The van der Waals surface area contributed by atoms with Crippen molar-refractivity contribution < 1.29 is 17.9 Å². The third-order valence-electron chi connectivity index (χ3n) is 3.03. The largest absolute Gasteiger partial charge is 0.490 e.